The van der Waals surface area contributed by atoms with Crippen molar-refractivity contribution in [3.63, 3.8) is 0 Å². The number of nitrogens with zero attached hydrogens (tertiary/aromatic N) is 3. The van der Waals surface area contributed by atoms with Crippen LogP contribution in [0.25, 0.3) is 0 Å². The van der Waals surface area contributed by atoms with Crippen LogP contribution < -0.4 is 5.32 Å². The molecule has 29 heavy (non-hydrogen) atoms. The van der Waals surface area contributed by atoms with Gasteiger partial charge in [-0.15, -0.1) is 0 Å². The zero-order valence-corrected chi connectivity index (χ0v) is 17.3. The van der Waals surface area contributed by atoms with E-state index in [1.165, 1.54) is 0 Å². The summed E-state index contributed by atoms with van der Waals surface area (Å²) in [6, 6.07) is 15.9. The summed E-state index contributed by atoms with van der Waals surface area (Å²) in [7, 11) is 0. The average Bonchev–Trinajstić information content (AvgIpc) is 3.50. The first-order valence-corrected chi connectivity index (χ1v) is 10.4. The van der Waals surface area contributed by atoms with Crippen molar-refractivity contribution in [1.29, 1.82) is 0 Å². The number of hydrogen-bond acceptors (Lipinski definition) is 3. The Morgan fingerprint density at radius 2 is 1.83 bits per heavy atom. The molecule has 1 atom stereocenters. The molecule has 2 aliphatic rings. The SMILES string of the molecule is Cc1nn(Cc2ccccc2Cl)c(C)c1[C@H]1Nc2ccccc2C(=O)N1C1CC1. The van der Waals surface area contributed by atoms with E-state index in [0.29, 0.717) is 12.6 Å². The summed E-state index contributed by atoms with van der Waals surface area (Å²) in [5.41, 5.74) is 5.73. The van der Waals surface area contributed by atoms with Gasteiger partial charge in [0.1, 0.15) is 6.17 Å². The van der Waals surface area contributed by atoms with Gasteiger partial charge in [0.05, 0.1) is 17.8 Å². The van der Waals surface area contributed by atoms with Crippen molar-refractivity contribution in [1.82, 2.24) is 14.7 Å². The summed E-state index contributed by atoms with van der Waals surface area (Å²) in [5.74, 6) is 0.101. The Morgan fingerprint density at radius 3 is 2.59 bits per heavy atom. The highest BCUT2D eigenvalue weighted by molar-refractivity contribution is 6.31. The first-order valence-electron chi connectivity index (χ1n) is 10.00. The summed E-state index contributed by atoms with van der Waals surface area (Å²) in [6.45, 7) is 4.69. The van der Waals surface area contributed by atoms with Crippen LogP contribution in [0.3, 0.4) is 0 Å². The summed E-state index contributed by atoms with van der Waals surface area (Å²) in [5, 5.41) is 9.15. The molecular formula is C23H23ClN4O. The molecule has 1 aliphatic carbocycles. The van der Waals surface area contributed by atoms with E-state index in [0.717, 1.165) is 51.6 Å². The van der Waals surface area contributed by atoms with Crippen LogP contribution in [0.2, 0.25) is 5.02 Å². The Labute approximate surface area is 175 Å². The number of fused-ring (bicyclic) bond motifs is 1. The van der Waals surface area contributed by atoms with Gasteiger partial charge in [0, 0.05) is 28.0 Å². The van der Waals surface area contributed by atoms with Gasteiger partial charge in [-0.3, -0.25) is 9.48 Å². The molecule has 5 nitrogen and oxygen atoms in total. The Morgan fingerprint density at radius 1 is 1.10 bits per heavy atom. The molecule has 0 unspecified atom stereocenters. The van der Waals surface area contributed by atoms with Crippen molar-refractivity contribution < 1.29 is 4.79 Å². The maximum atomic E-state index is 13.3. The number of aromatic nitrogens is 2. The number of nitrogens with one attached hydrogen (secondary N) is 1. The number of halogens is 1. The maximum Gasteiger partial charge on any atom is 0.258 e. The molecule has 1 fully saturated rings. The molecule has 0 radical (unpaired) electrons. The molecule has 1 N–H and O–H groups in total. The zero-order chi connectivity index (χ0) is 20.1. The number of amides is 1. The number of carbonyl (C=O) groups is 1. The molecule has 3 aromatic rings. The summed E-state index contributed by atoms with van der Waals surface area (Å²) < 4.78 is 1.99. The average molecular weight is 407 g/mol. The molecule has 1 amide bonds. The minimum absolute atomic E-state index is 0.101. The predicted octanol–water partition coefficient (Wildman–Crippen LogP) is 4.93. The van der Waals surface area contributed by atoms with Crippen molar-refractivity contribution in [3.05, 3.63) is 81.6 Å². The number of anilines is 1. The molecule has 0 saturated heterocycles. The predicted molar refractivity (Wildman–Crippen MR) is 114 cm³/mol. The van der Waals surface area contributed by atoms with E-state index in [1.54, 1.807) is 0 Å². The molecule has 148 valence electrons. The van der Waals surface area contributed by atoms with Crippen molar-refractivity contribution >= 4 is 23.2 Å². The Balaban J connectivity index is 1.56. The second-order valence-electron chi connectivity index (χ2n) is 7.87. The van der Waals surface area contributed by atoms with Crippen molar-refractivity contribution in [2.45, 2.75) is 45.4 Å². The molecule has 1 saturated carbocycles. The van der Waals surface area contributed by atoms with Crippen LogP contribution in [0.1, 0.15) is 51.9 Å². The van der Waals surface area contributed by atoms with Crippen molar-refractivity contribution in [2.24, 2.45) is 0 Å². The van der Waals surface area contributed by atoms with Crippen molar-refractivity contribution in [3.8, 4) is 0 Å². The normalized spacial score (nSPS) is 18.5. The lowest BCUT2D eigenvalue weighted by Crippen LogP contribution is -2.44. The second-order valence-corrected chi connectivity index (χ2v) is 8.28. The largest absolute Gasteiger partial charge is 0.361 e. The summed E-state index contributed by atoms with van der Waals surface area (Å²) >= 11 is 6.36. The Kier molecular flexibility index (Phi) is 4.36. The highest BCUT2D eigenvalue weighted by Crippen LogP contribution is 2.42. The monoisotopic (exact) mass is 406 g/mol. The number of rotatable bonds is 4. The molecular weight excluding hydrogens is 384 g/mol. The highest BCUT2D eigenvalue weighted by Gasteiger charge is 2.43. The van der Waals surface area contributed by atoms with Crippen LogP contribution in [0.15, 0.2) is 48.5 Å². The van der Waals surface area contributed by atoms with E-state index in [1.807, 2.05) is 65.0 Å². The molecule has 5 rings (SSSR count). The Hall–Kier alpha value is -2.79. The van der Waals surface area contributed by atoms with Gasteiger partial charge < -0.3 is 10.2 Å². The van der Waals surface area contributed by atoms with Crippen LogP contribution in [0.4, 0.5) is 5.69 Å². The quantitative estimate of drug-likeness (QED) is 0.668. The van der Waals surface area contributed by atoms with E-state index in [-0.39, 0.29) is 12.1 Å². The summed E-state index contributed by atoms with van der Waals surface area (Å²) in [4.78, 5) is 15.3. The number of benzene rings is 2. The van der Waals surface area contributed by atoms with Crippen LogP contribution in [0.5, 0.6) is 0 Å². The van der Waals surface area contributed by atoms with Gasteiger partial charge in [-0.25, -0.2) is 0 Å². The van der Waals surface area contributed by atoms with E-state index < -0.39 is 0 Å². The topological polar surface area (TPSA) is 50.2 Å². The highest BCUT2D eigenvalue weighted by atomic mass is 35.5. The number of para-hydroxylation sites is 1. The Bertz CT molecular complexity index is 1100. The van der Waals surface area contributed by atoms with E-state index in [9.17, 15) is 4.79 Å². The van der Waals surface area contributed by atoms with E-state index in [4.69, 9.17) is 16.7 Å². The van der Waals surface area contributed by atoms with Gasteiger partial charge in [0.15, 0.2) is 0 Å². The molecule has 6 heteroatoms. The van der Waals surface area contributed by atoms with Crippen LogP contribution in [-0.2, 0) is 6.54 Å². The van der Waals surface area contributed by atoms with Gasteiger partial charge in [0.2, 0.25) is 0 Å². The van der Waals surface area contributed by atoms with Gasteiger partial charge >= 0.3 is 0 Å². The molecule has 0 bridgehead atoms. The third kappa shape index (κ3) is 3.10. The smallest absolute Gasteiger partial charge is 0.258 e. The number of aryl methyl sites for hydroxylation is 1. The lowest BCUT2D eigenvalue weighted by molar-refractivity contribution is 0.0665. The third-order valence-electron chi connectivity index (χ3n) is 5.89. The molecule has 1 aromatic heterocycles. The standard InChI is InChI=1S/C23H23ClN4O/c1-14-21(15(2)27(26-14)13-16-7-3-5-9-19(16)24)22-25-20-10-6-4-8-18(20)23(29)28(22)17-11-12-17/h3-10,17,22,25H,11-13H2,1-2H3/t22-/m0/s1. The van der Waals surface area contributed by atoms with Gasteiger partial charge in [0.25, 0.3) is 5.91 Å². The fraction of sp³-hybridized carbons (Fsp3) is 0.304. The van der Waals surface area contributed by atoms with E-state index >= 15 is 0 Å². The van der Waals surface area contributed by atoms with Gasteiger partial charge in [-0.05, 0) is 50.5 Å². The second kappa shape index (κ2) is 6.92. The first-order chi connectivity index (χ1) is 14.0. The van der Waals surface area contributed by atoms with Crippen LogP contribution in [0, 0.1) is 13.8 Å². The number of carbonyl (C=O) groups excluding carboxylic acids is 1. The van der Waals surface area contributed by atoms with Crippen molar-refractivity contribution in [2.75, 3.05) is 5.32 Å². The third-order valence-corrected chi connectivity index (χ3v) is 6.26. The first kappa shape index (κ1) is 18.3. The maximum absolute atomic E-state index is 13.3. The fourth-order valence-corrected chi connectivity index (χ4v) is 4.45. The molecule has 0 spiro atoms. The van der Waals surface area contributed by atoms with Crippen LogP contribution in [-0.4, -0.2) is 26.6 Å². The molecule has 1 aliphatic heterocycles. The molecule has 2 heterocycles. The van der Waals surface area contributed by atoms with E-state index in [2.05, 4.69) is 12.2 Å². The lowest BCUT2D eigenvalue weighted by Gasteiger charge is -2.38. The minimum atomic E-state index is -0.204. The van der Waals surface area contributed by atoms with Gasteiger partial charge in [-0.1, -0.05) is 41.9 Å². The minimum Gasteiger partial charge on any atom is -0.361 e. The van der Waals surface area contributed by atoms with Crippen LogP contribution >= 0.6 is 11.6 Å². The zero-order valence-electron chi connectivity index (χ0n) is 16.5. The van der Waals surface area contributed by atoms with Gasteiger partial charge in [-0.2, -0.15) is 5.10 Å². The number of hydrogen-bond donors (Lipinski definition) is 1. The molecule has 2 aromatic carbocycles. The lowest BCUT2D eigenvalue weighted by atomic mass is 10.0. The summed E-state index contributed by atoms with van der Waals surface area (Å²) in [6.07, 6.45) is 1.90. The fourth-order valence-electron chi connectivity index (χ4n) is 4.26.